The monoisotopic (exact) mass is 398 g/mol. The Morgan fingerprint density at radius 3 is 2.73 bits per heavy atom. The van der Waals surface area contributed by atoms with E-state index in [0.717, 1.165) is 28.1 Å². The number of hydrogen-bond donors (Lipinski definition) is 1. The standard InChI is InChI=1S/C24H22N4O2/c1-16-6-5-7-17(12-16)13-23(29)27-11-10-20-19(15-27)24(30)28-22(25-20)14-21(26-28)18-8-3-2-4-9-18/h2-9,12,14,26H,10-11,13,15H2,1H3. The van der Waals surface area contributed by atoms with Crippen molar-refractivity contribution >= 4 is 11.6 Å². The summed E-state index contributed by atoms with van der Waals surface area (Å²) in [5.41, 5.74) is 5.83. The first kappa shape index (κ1) is 18.4. The van der Waals surface area contributed by atoms with Crippen LogP contribution < -0.4 is 5.56 Å². The van der Waals surface area contributed by atoms with E-state index >= 15 is 0 Å². The van der Waals surface area contributed by atoms with E-state index in [2.05, 4.69) is 5.10 Å². The number of carbonyl (C=O) groups excluding carboxylic acids is 1. The van der Waals surface area contributed by atoms with Crippen molar-refractivity contribution in [2.75, 3.05) is 6.54 Å². The molecule has 1 aliphatic rings. The lowest BCUT2D eigenvalue weighted by molar-refractivity contribution is -0.131. The number of aryl methyl sites for hydroxylation is 1. The quantitative estimate of drug-likeness (QED) is 0.576. The van der Waals surface area contributed by atoms with Crippen molar-refractivity contribution in [2.45, 2.75) is 26.3 Å². The van der Waals surface area contributed by atoms with Gasteiger partial charge in [-0.05, 0) is 18.1 Å². The zero-order valence-electron chi connectivity index (χ0n) is 16.8. The first-order chi connectivity index (χ1) is 14.6. The Bertz CT molecular complexity index is 1300. The Balaban J connectivity index is 1.44. The second-order valence-corrected chi connectivity index (χ2v) is 7.80. The summed E-state index contributed by atoms with van der Waals surface area (Å²) >= 11 is 0. The SMILES string of the molecule is Cc1cccc(CC(=O)N2CCc3nc4cc(-c5ccccc5)[nH]n4c(=O)c3C2)c1. The largest absolute Gasteiger partial charge is 0.337 e. The van der Waals surface area contributed by atoms with Gasteiger partial charge < -0.3 is 4.90 Å². The van der Waals surface area contributed by atoms with Gasteiger partial charge in [-0.2, -0.15) is 0 Å². The lowest BCUT2D eigenvalue weighted by Gasteiger charge is -2.27. The summed E-state index contributed by atoms with van der Waals surface area (Å²) in [5, 5.41) is 3.16. The third kappa shape index (κ3) is 3.30. The molecule has 1 N–H and O–H groups in total. The fraction of sp³-hybridized carbons (Fsp3) is 0.208. The molecule has 150 valence electrons. The van der Waals surface area contributed by atoms with Gasteiger partial charge in [0.05, 0.1) is 29.9 Å². The minimum atomic E-state index is -0.134. The van der Waals surface area contributed by atoms with Crippen LogP contribution >= 0.6 is 0 Å². The van der Waals surface area contributed by atoms with Crippen LogP contribution in [-0.2, 0) is 24.2 Å². The number of carbonyl (C=O) groups is 1. The summed E-state index contributed by atoms with van der Waals surface area (Å²) in [6.07, 6.45) is 0.932. The topological polar surface area (TPSA) is 70.5 Å². The molecule has 2 aromatic carbocycles. The number of amides is 1. The Hall–Kier alpha value is -3.67. The van der Waals surface area contributed by atoms with E-state index in [4.69, 9.17) is 4.98 Å². The molecule has 3 heterocycles. The van der Waals surface area contributed by atoms with Crippen molar-refractivity contribution in [3.8, 4) is 11.3 Å². The van der Waals surface area contributed by atoms with Crippen LogP contribution in [0.2, 0.25) is 0 Å². The number of aromatic amines is 1. The minimum Gasteiger partial charge on any atom is -0.337 e. The second kappa shape index (κ2) is 7.30. The number of fused-ring (bicyclic) bond motifs is 2. The Kier molecular flexibility index (Phi) is 4.47. The molecule has 0 saturated carbocycles. The van der Waals surface area contributed by atoms with Crippen molar-refractivity contribution in [2.24, 2.45) is 0 Å². The van der Waals surface area contributed by atoms with Crippen molar-refractivity contribution < 1.29 is 4.79 Å². The van der Waals surface area contributed by atoms with E-state index < -0.39 is 0 Å². The lowest BCUT2D eigenvalue weighted by Crippen LogP contribution is -2.40. The molecule has 6 nitrogen and oxygen atoms in total. The molecule has 0 saturated heterocycles. The Morgan fingerprint density at radius 1 is 1.10 bits per heavy atom. The van der Waals surface area contributed by atoms with Crippen LogP contribution in [0.3, 0.4) is 0 Å². The molecule has 0 aliphatic carbocycles. The fourth-order valence-corrected chi connectivity index (χ4v) is 4.07. The molecule has 0 bridgehead atoms. The van der Waals surface area contributed by atoms with Crippen LogP contribution in [0.4, 0.5) is 0 Å². The minimum absolute atomic E-state index is 0.0345. The molecule has 6 heteroatoms. The van der Waals surface area contributed by atoms with Crippen LogP contribution in [0.15, 0.2) is 65.5 Å². The predicted octanol–water partition coefficient (Wildman–Crippen LogP) is 3.13. The zero-order chi connectivity index (χ0) is 20.7. The molecular weight excluding hydrogens is 376 g/mol. The second-order valence-electron chi connectivity index (χ2n) is 7.80. The van der Waals surface area contributed by atoms with Crippen LogP contribution in [0, 0.1) is 6.92 Å². The van der Waals surface area contributed by atoms with E-state index in [1.165, 1.54) is 4.52 Å². The molecule has 30 heavy (non-hydrogen) atoms. The van der Waals surface area contributed by atoms with Crippen LogP contribution in [0.5, 0.6) is 0 Å². The van der Waals surface area contributed by atoms with Crippen LogP contribution in [-0.4, -0.2) is 31.9 Å². The van der Waals surface area contributed by atoms with E-state index in [0.29, 0.717) is 37.1 Å². The normalized spacial score (nSPS) is 13.4. The van der Waals surface area contributed by atoms with Gasteiger partial charge in [0.1, 0.15) is 0 Å². The Morgan fingerprint density at radius 2 is 1.93 bits per heavy atom. The van der Waals surface area contributed by atoms with Crippen LogP contribution in [0.25, 0.3) is 16.9 Å². The van der Waals surface area contributed by atoms with Gasteiger partial charge in [0.15, 0.2) is 5.65 Å². The first-order valence-electron chi connectivity index (χ1n) is 10.1. The van der Waals surface area contributed by atoms with Gasteiger partial charge in [-0.1, -0.05) is 60.2 Å². The van der Waals surface area contributed by atoms with Crippen molar-refractivity contribution in [3.05, 3.63) is 93.4 Å². The third-order valence-electron chi connectivity index (χ3n) is 5.64. The highest BCUT2D eigenvalue weighted by atomic mass is 16.2. The van der Waals surface area contributed by atoms with E-state index in [9.17, 15) is 9.59 Å². The number of nitrogens with one attached hydrogen (secondary N) is 1. The summed E-state index contributed by atoms with van der Waals surface area (Å²) in [7, 11) is 0. The van der Waals surface area contributed by atoms with Crippen LogP contribution in [0.1, 0.15) is 22.4 Å². The highest BCUT2D eigenvalue weighted by Crippen LogP contribution is 2.21. The van der Waals surface area contributed by atoms with E-state index in [-0.39, 0.29) is 11.5 Å². The number of rotatable bonds is 3. The van der Waals surface area contributed by atoms with Gasteiger partial charge in [0.25, 0.3) is 5.56 Å². The summed E-state index contributed by atoms with van der Waals surface area (Å²) in [6, 6.07) is 19.7. The molecule has 0 radical (unpaired) electrons. The van der Waals surface area contributed by atoms with E-state index in [1.807, 2.05) is 67.6 Å². The van der Waals surface area contributed by atoms with Crippen molar-refractivity contribution in [3.63, 3.8) is 0 Å². The number of hydrogen-bond acceptors (Lipinski definition) is 3. The predicted molar refractivity (Wildman–Crippen MR) is 115 cm³/mol. The molecule has 2 aromatic heterocycles. The molecule has 0 atom stereocenters. The Labute approximate surface area is 173 Å². The highest BCUT2D eigenvalue weighted by Gasteiger charge is 2.25. The lowest BCUT2D eigenvalue weighted by atomic mass is 10.0. The highest BCUT2D eigenvalue weighted by molar-refractivity contribution is 5.79. The molecule has 1 amide bonds. The van der Waals surface area contributed by atoms with Crippen molar-refractivity contribution in [1.82, 2.24) is 19.5 Å². The molecule has 0 spiro atoms. The number of nitrogens with zero attached hydrogens (tertiary/aromatic N) is 3. The smallest absolute Gasteiger partial charge is 0.277 e. The first-order valence-corrected chi connectivity index (χ1v) is 10.1. The van der Waals surface area contributed by atoms with Gasteiger partial charge >= 0.3 is 0 Å². The number of aromatic nitrogens is 3. The molecule has 5 rings (SSSR count). The van der Waals surface area contributed by atoms with Gasteiger partial charge in [0, 0.05) is 19.0 Å². The average Bonchev–Trinajstić information content (AvgIpc) is 3.19. The average molecular weight is 398 g/mol. The number of benzene rings is 2. The van der Waals surface area contributed by atoms with Gasteiger partial charge in [0.2, 0.25) is 5.91 Å². The molecule has 0 unspecified atom stereocenters. The zero-order valence-corrected chi connectivity index (χ0v) is 16.8. The molecule has 0 fully saturated rings. The molecule has 1 aliphatic heterocycles. The summed E-state index contributed by atoms with van der Waals surface area (Å²) < 4.78 is 1.48. The molecular formula is C24H22N4O2. The summed E-state index contributed by atoms with van der Waals surface area (Å²) in [6.45, 7) is 2.90. The van der Waals surface area contributed by atoms with E-state index in [1.54, 1.807) is 4.90 Å². The maximum Gasteiger partial charge on any atom is 0.277 e. The van der Waals surface area contributed by atoms with Gasteiger partial charge in [-0.25, -0.2) is 9.50 Å². The summed E-state index contributed by atoms with van der Waals surface area (Å²) in [5.74, 6) is 0.0345. The van der Waals surface area contributed by atoms with Gasteiger partial charge in [-0.3, -0.25) is 14.7 Å². The maximum absolute atomic E-state index is 13.1. The van der Waals surface area contributed by atoms with Crippen molar-refractivity contribution in [1.29, 1.82) is 0 Å². The summed E-state index contributed by atoms with van der Waals surface area (Å²) in [4.78, 5) is 32.5. The number of H-pyrrole nitrogens is 1. The van der Waals surface area contributed by atoms with Gasteiger partial charge in [-0.15, -0.1) is 0 Å². The fourth-order valence-electron chi connectivity index (χ4n) is 4.07. The third-order valence-corrected chi connectivity index (χ3v) is 5.64. The molecule has 4 aromatic rings. The maximum atomic E-state index is 13.1.